The molecule has 0 saturated carbocycles. The maximum Gasteiger partial charge on any atom is 0.322 e. The number of likely N-dealkylation sites (tertiary alicyclic amines) is 1. The first-order valence-electron chi connectivity index (χ1n) is 18.7. The Kier molecular flexibility index (Phi) is 21.2. The Bertz CT molecular complexity index is 1420. The second-order valence-electron chi connectivity index (χ2n) is 14.7. The summed E-state index contributed by atoms with van der Waals surface area (Å²) in [5, 5.41) is 32.1. The number of nitrogens with zero attached hydrogens (tertiary/aromatic N) is 3. The standard InChI is InChI=1S/C34H63N13O9/c1-17(2)12-21(35)27(51)44-23(9-7-11-41-34(38)39)30(54)45-22(8-6-10-40-33(36)37)29(53)43-19(5)32(56)47-16-20(48)14-25(47)31(55)46-24(13-18(3)4)28(52)42-15-26(49)50/h17-25,48H,6-16,35H2,1-5H3,(H,42,52)(H,43,53)(H,44,51)(H,45,54)(H,46,55)(H,49,50)(H4,36,37,40)(H4,38,39,41)/t19-,20+,21-,22-,23-,24-,25-/m0/s1. The maximum atomic E-state index is 13.7. The summed E-state index contributed by atoms with van der Waals surface area (Å²) in [7, 11) is 0. The summed E-state index contributed by atoms with van der Waals surface area (Å²) >= 11 is 0. The van der Waals surface area contributed by atoms with E-state index in [1.165, 1.54) is 6.92 Å². The van der Waals surface area contributed by atoms with Crippen molar-refractivity contribution in [2.75, 3.05) is 26.2 Å². The Morgan fingerprint density at radius 1 is 0.714 bits per heavy atom. The molecule has 0 aliphatic carbocycles. The average molecular weight is 798 g/mol. The predicted octanol–water partition coefficient (Wildman–Crippen LogP) is -4.37. The molecule has 0 aromatic heterocycles. The molecule has 0 bridgehead atoms. The van der Waals surface area contributed by atoms with Gasteiger partial charge in [-0.15, -0.1) is 0 Å². The predicted molar refractivity (Wildman–Crippen MR) is 207 cm³/mol. The Labute approximate surface area is 326 Å². The minimum Gasteiger partial charge on any atom is -0.480 e. The Morgan fingerprint density at radius 2 is 1.21 bits per heavy atom. The summed E-state index contributed by atoms with van der Waals surface area (Å²) in [5.74, 6) is -5.88. The highest BCUT2D eigenvalue weighted by molar-refractivity contribution is 5.97. The van der Waals surface area contributed by atoms with E-state index in [1.54, 1.807) is 13.8 Å². The van der Waals surface area contributed by atoms with E-state index in [0.29, 0.717) is 6.42 Å². The number of carbonyl (C=O) groups is 7. The second-order valence-corrected chi connectivity index (χ2v) is 14.7. The largest absolute Gasteiger partial charge is 0.480 e. The van der Waals surface area contributed by atoms with Crippen molar-refractivity contribution < 1.29 is 43.8 Å². The van der Waals surface area contributed by atoms with E-state index in [1.807, 2.05) is 13.8 Å². The lowest BCUT2D eigenvalue weighted by molar-refractivity contribution is -0.142. The first kappa shape index (κ1) is 48.8. The number of hydrogen-bond acceptors (Lipinski definition) is 11. The molecular weight excluding hydrogens is 734 g/mol. The first-order valence-corrected chi connectivity index (χ1v) is 18.7. The van der Waals surface area contributed by atoms with Crippen LogP contribution in [0.25, 0.3) is 0 Å². The van der Waals surface area contributed by atoms with Crippen molar-refractivity contribution in [1.82, 2.24) is 31.5 Å². The molecule has 0 radical (unpaired) electrons. The third kappa shape index (κ3) is 18.4. The van der Waals surface area contributed by atoms with Gasteiger partial charge in [-0.2, -0.15) is 0 Å². The number of carbonyl (C=O) groups excluding carboxylic acids is 6. The van der Waals surface area contributed by atoms with Gasteiger partial charge in [0.05, 0.1) is 12.1 Å². The Balaban J connectivity index is 3.23. The number of aliphatic carboxylic acids is 1. The number of hydrogen-bond donors (Lipinski definition) is 12. The number of aliphatic imine (C=N–C) groups is 2. The van der Waals surface area contributed by atoms with Crippen LogP contribution in [0, 0.1) is 11.8 Å². The Hall–Kier alpha value is -5.25. The van der Waals surface area contributed by atoms with Crippen molar-refractivity contribution in [3.05, 3.63) is 0 Å². The van der Waals surface area contributed by atoms with Gasteiger partial charge in [0.15, 0.2) is 11.9 Å². The molecule has 1 saturated heterocycles. The summed E-state index contributed by atoms with van der Waals surface area (Å²) in [6.45, 7) is 8.09. The zero-order valence-corrected chi connectivity index (χ0v) is 33.0. The third-order valence-electron chi connectivity index (χ3n) is 8.57. The van der Waals surface area contributed by atoms with E-state index in [0.717, 1.165) is 4.90 Å². The molecule has 0 spiro atoms. The minimum atomic E-state index is -1.27. The summed E-state index contributed by atoms with van der Waals surface area (Å²) in [4.78, 5) is 100. The molecule has 318 valence electrons. The summed E-state index contributed by atoms with van der Waals surface area (Å²) in [6, 6.07) is -6.91. The molecule has 0 aromatic rings. The second kappa shape index (κ2) is 24.3. The molecular formula is C34H63N13O9. The van der Waals surface area contributed by atoms with Gasteiger partial charge in [-0.1, -0.05) is 27.7 Å². The first-order chi connectivity index (χ1) is 26.1. The van der Waals surface area contributed by atoms with E-state index >= 15 is 0 Å². The van der Waals surface area contributed by atoms with E-state index < -0.39 is 90.3 Å². The van der Waals surface area contributed by atoms with Gasteiger partial charge in [-0.3, -0.25) is 43.5 Å². The van der Waals surface area contributed by atoms with E-state index in [4.69, 9.17) is 33.8 Å². The maximum absolute atomic E-state index is 13.7. The summed E-state index contributed by atoms with van der Waals surface area (Å²) in [5.41, 5.74) is 27.7. The van der Waals surface area contributed by atoms with Crippen LogP contribution in [0.1, 0.15) is 79.6 Å². The van der Waals surface area contributed by atoms with Crippen LogP contribution in [-0.4, -0.2) is 137 Å². The van der Waals surface area contributed by atoms with E-state index in [9.17, 15) is 38.7 Å². The molecule has 22 heteroatoms. The van der Waals surface area contributed by atoms with Gasteiger partial charge in [-0.25, -0.2) is 0 Å². The quantitative estimate of drug-likeness (QED) is 0.0250. The van der Waals surface area contributed by atoms with Gasteiger partial charge in [0.1, 0.15) is 36.8 Å². The summed E-state index contributed by atoms with van der Waals surface area (Å²) < 4.78 is 0. The zero-order chi connectivity index (χ0) is 42.7. The van der Waals surface area contributed by atoms with Crippen molar-refractivity contribution >= 4 is 53.3 Å². The van der Waals surface area contributed by atoms with Crippen molar-refractivity contribution in [1.29, 1.82) is 0 Å². The van der Waals surface area contributed by atoms with Crippen LogP contribution < -0.4 is 55.3 Å². The summed E-state index contributed by atoms with van der Waals surface area (Å²) in [6.07, 6.45) is -0.156. The van der Waals surface area contributed by atoms with Crippen LogP contribution in [0.2, 0.25) is 0 Å². The van der Waals surface area contributed by atoms with Crippen LogP contribution >= 0.6 is 0 Å². The number of carboxylic acids is 1. The fourth-order valence-corrected chi connectivity index (χ4v) is 5.90. The molecule has 7 atom stereocenters. The topological polar surface area (TPSA) is 378 Å². The molecule has 17 N–H and O–H groups in total. The number of aliphatic hydroxyl groups excluding tert-OH is 1. The lowest BCUT2D eigenvalue weighted by Crippen LogP contribution is -2.59. The molecule has 22 nitrogen and oxygen atoms in total. The number of guanidine groups is 2. The number of aliphatic hydroxyl groups is 1. The van der Waals surface area contributed by atoms with Crippen LogP contribution in [0.5, 0.6) is 0 Å². The van der Waals surface area contributed by atoms with Gasteiger partial charge >= 0.3 is 5.97 Å². The molecule has 56 heavy (non-hydrogen) atoms. The third-order valence-corrected chi connectivity index (χ3v) is 8.57. The van der Waals surface area contributed by atoms with Crippen molar-refractivity contribution in [2.24, 2.45) is 50.5 Å². The van der Waals surface area contributed by atoms with Gasteiger partial charge in [0.25, 0.3) is 0 Å². The number of nitrogens with one attached hydrogen (secondary N) is 5. The van der Waals surface area contributed by atoms with E-state index in [2.05, 4.69) is 36.6 Å². The van der Waals surface area contributed by atoms with Crippen molar-refractivity contribution in [2.45, 2.75) is 122 Å². The lowest BCUT2D eigenvalue weighted by atomic mass is 10.0. The van der Waals surface area contributed by atoms with Gasteiger partial charge in [0.2, 0.25) is 35.4 Å². The molecule has 1 aliphatic heterocycles. The molecule has 1 aliphatic rings. The normalized spacial score (nSPS) is 17.8. The molecule has 0 unspecified atom stereocenters. The number of amides is 6. The van der Waals surface area contributed by atoms with Crippen molar-refractivity contribution in [3.63, 3.8) is 0 Å². The Morgan fingerprint density at radius 3 is 1.70 bits per heavy atom. The zero-order valence-electron chi connectivity index (χ0n) is 33.0. The van der Waals surface area contributed by atoms with Gasteiger partial charge < -0.3 is 70.4 Å². The number of nitrogens with two attached hydrogens (primary N) is 5. The van der Waals surface area contributed by atoms with E-state index in [-0.39, 0.29) is 81.9 Å². The highest BCUT2D eigenvalue weighted by atomic mass is 16.4. The fraction of sp³-hybridized carbons (Fsp3) is 0.735. The number of β-amino-alcohol motifs (C(OH)–C–C–N with tert-alkyl or cyclic N) is 1. The average Bonchev–Trinajstić information content (AvgIpc) is 3.49. The molecule has 1 rings (SSSR count). The molecule has 1 fully saturated rings. The molecule has 1 heterocycles. The molecule has 6 amide bonds. The highest BCUT2D eigenvalue weighted by Gasteiger charge is 2.42. The smallest absolute Gasteiger partial charge is 0.322 e. The van der Waals surface area contributed by atoms with Crippen LogP contribution in [0.15, 0.2) is 9.98 Å². The number of carboxylic acid groups (broad SMARTS) is 1. The van der Waals surface area contributed by atoms with Gasteiger partial charge in [0, 0.05) is 26.1 Å². The lowest BCUT2D eigenvalue weighted by Gasteiger charge is -2.29. The highest BCUT2D eigenvalue weighted by Crippen LogP contribution is 2.20. The monoisotopic (exact) mass is 797 g/mol. The number of rotatable bonds is 24. The van der Waals surface area contributed by atoms with Crippen LogP contribution in [0.4, 0.5) is 0 Å². The fourth-order valence-electron chi connectivity index (χ4n) is 5.90. The van der Waals surface area contributed by atoms with Gasteiger partial charge in [-0.05, 0) is 57.3 Å². The van der Waals surface area contributed by atoms with Crippen LogP contribution in [0.3, 0.4) is 0 Å². The van der Waals surface area contributed by atoms with Crippen LogP contribution in [-0.2, 0) is 33.6 Å². The minimum absolute atomic E-state index is 0.00539. The molecule has 0 aromatic carbocycles. The SMILES string of the molecule is CC(C)C[C@H](NC(=O)[C@@H]1C[C@@H](O)CN1C(=O)[C@H](C)NC(=O)[C@H](CCCN=C(N)N)NC(=O)[C@H](CCCN=C(N)N)NC(=O)[C@@H](N)CC(C)C)C(=O)NCC(=O)O. The van der Waals surface area contributed by atoms with Crippen molar-refractivity contribution in [3.8, 4) is 0 Å².